The molecule has 1 amide bonds. The summed E-state index contributed by atoms with van der Waals surface area (Å²) in [5.41, 5.74) is 2.04. The molecule has 6 nitrogen and oxygen atoms in total. The maximum Gasteiger partial charge on any atom is 0.223 e. The number of methoxy groups -OCH3 is 2. The van der Waals surface area contributed by atoms with Gasteiger partial charge in [-0.05, 0) is 23.8 Å². The number of amides is 1. The summed E-state index contributed by atoms with van der Waals surface area (Å²) in [5, 5.41) is 11.1. The fourth-order valence-electron chi connectivity index (χ4n) is 5.87. The molecule has 7 heteroatoms. The van der Waals surface area contributed by atoms with Crippen LogP contribution >= 0.6 is 0 Å². The molecule has 0 saturated heterocycles. The van der Waals surface area contributed by atoms with Gasteiger partial charge in [-0.3, -0.25) is 4.79 Å². The standard InChI is InChI=1S/C32H41NO5Si/c1-23-31(37-3)27-13-9-10-14-28(27)38-32(23)29(39(4,5)26-17-15-25(36-2)16-18-26)21-30(35)33(19-20-34)22-24-11-7-6-8-12-24/h6-18,23,29,31-32,34H,19-22H2,1-5H3/t23-,29?,31-,32-/m0/s1. The summed E-state index contributed by atoms with van der Waals surface area (Å²) in [6.07, 6.45) is -0.0209. The zero-order valence-corrected chi connectivity index (χ0v) is 24.7. The van der Waals surface area contributed by atoms with E-state index in [-0.39, 0.29) is 42.7 Å². The molecule has 0 aromatic heterocycles. The highest BCUT2D eigenvalue weighted by Gasteiger charge is 2.48. The average molecular weight is 548 g/mol. The molecule has 0 saturated carbocycles. The topological polar surface area (TPSA) is 68.2 Å². The van der Waals surface area contributed by atoms with Crippen LogP contribution in [0.1, 0.15) is 30.6 Å². The first-order valence-electron chi connectivity index (χ1n) is 13.7. The molecule has 3 aromatic carbocycles. The van der Waals surface area contributed by atoms with Crippen LogP contribution < -0.4 is 14.7 Å². The van der Waals surface area contributed by atoms with Crippen molar-refractivity contribution in [1.82, 2.24) is 4.90 Å². The molecule has 1 N–H and O–H groups in total. The summed E-state index contributed by atoms with van der Waals surface area (Å²) < 4.78 is 18.2. The van der Waals surface area contributed by atoms with E-state index < -0.39 is 8.07 Å². The van der Waals surface area contributed by atoms with E-state index in [0.717, 1.165) is 22.6 Å². The van der Waals surface area contributed by atoms with E-state index in [0.29, 0.717) is 13.0 Å². The summed E-state index contributed by atoms with van der Waals surface area (Å²) in [5.74, 6) is 1.69. The largest absolute Gasteiger partial charge is 0.497 e. The molecule has 1 aliphatic heterocycles. The highest BCUT2D eigenvalue weighted by Crippen LogP contribution is 2.47. The fourth-order valence-corrected chi connectivity index (χ4v) is 9.20. The number of hydrogen-bond acceptors (Lipinski definition) is 5. The third-order valence-corrected chi connectivity index (χ3v) is 12.4. The van der Waals surface area contributed by atoms with Crippen molar-refractivity contribution >= 4 is 19.2 Å². The minimum absolute atomic E-state index is 0.0237. The van der Waals surface area contributed by atoms with E-state index in [4.69, 9.17) is 14.2 Å². The van der Waals surface area contributed by atoms with Crippen LogP contribution in [0.25, 0.3) is 0 Å². The van der Waals surface area contributed by atoms with Crippen LogP contribution in [0.3, 0.4) is 0 Å². The first-order valence-corrected chi connectivity index (χ1v) is 16.7. The number of carbonyl (C=O) groups is 1. The van der Waals surface area contributed by atoms with Gasteiger partial charge in [-0.15, -0.1) is 0 Å². The molecule has 0 fully saturated rings. The lowest BCUT2D eigenvalue weighted by atomic mass is 9.86. The number of fused-ring (bicyclic) bond motifs is 1. The molecule has 0 radical (unpaired) electrons. The number of aliphatic hydroxyl groups excluding tert-OH is 1. The first-order chi connectivity index (χ1) is 18.8. The van der Waals surface area contributed by atoms with Crippen LogP contribution in [0.5, 0.6) is 11.5 Å². The molecule has 0 aliphatic carbocycles. The van der Waals surface area contributed by atoms with Gasteiger partial charge >= 0.3 is 0 Å². The average Bonchev–Trinajstić information content (AvgIpc) is 2.96. The Morgan fingerprint density at radius 1 is 1.00 bits per heavy atom. The van der Waals surface area contributed by atoms with Gasteiger partial charge in [0.25, 0.3) is 0 Å². The highest BCUT2D eigenvalue weighted by atomic mass is 28.3. The number of para-hydroxylation sites is 1. The van der Waals surface area contributed by atoms with Crippen molar-refractivity contribution in [3.05, 3.63) is 90.0 Å². The number of carbonyl (C=O) groups excluding carboxylic acids is 1. The van der Waals surface area contributed by atoms with Gasteiger partial charge in [0.05, 0.1) is 27.9 Å². The Morgan fingerprint density at radius 3 is 2.31 bits per heavy atom. The van der Waals surface area contributed by atoms with Crippen LogP contribution in [0, 0.1) is 5.92 Å². The van der Waals surface area contributed by atoms with Gasteiger partial charge in [-0.1, -0.05) is 85.9 Å². The van der Waals surface area contributed by atoms with E-state index >= 15 is 0 Å². The van der Waals surface area contributed by atoms with Crippen molar-refractivity contribution in [2.75, 3.05) is 27.4 Å². The van der Waals surface area contributed by atoms with Crippen molar-refractivity contribution in [1.29, 1.82) is 0 Å². The maximum atomic E-state index is 14.0. The van der Waals surface area contributed by atoms with Gasteiger partial charge in [-0.25, -0.2) is 0 Å². The number of nitrogens with zero attached hydrogens (tertiary/aromatic N) is 1. The molecule has 1 unspecified atom stereocenters. The van der Waals surface area contributed by atoms with Crippen molar-refractivity contribution in [3.63, 3.8) is 0 Å². The van der Waals surface area contributed by atoms with Crippen molar-refractivity contribution < 1.29 is 24.1 Å². The molecule has 4 atom stereocenters. The van der Waals surface area contributed by atoms with E-state index in [9.17, 15) is 9.90 Å². The summed E-state index contributed by atoms with van der Waals surface area (Å²) >= 11 is 0. The van der Waals surface area contributed by atoms with E-state index in [1.165, 1.54) is 5.19 Å². The molecular formula is C32H41NO5Si. The van der Waals surface area contributed by atoms with Gasteiger partial charge in [-0.2, -0.15) is 0 Å². The van der Waals surface area contributed by atoms with Crippen LogP contribution in [-0.2, 0) is 16.1 Å². The number of rotatable bonds is 11. The lowest BCUT2D eigenvalue weighted by molar-refractivity contribution is -0.133. The molecule has 1 aliphatic rings. The zero-order valence-electron chi connectivity index (χ0n) is 23.7. The van der Waals surface area contributed by atoms with Crippen LogP contribution in [0.4, 0.5) is 0 Å². The molecule has 0 bridgehead atoms. The van der Waals surface area contributed by atoms with E-state index in [1.807, 2.05) is 60.7 Å². The quantitative estimate of drug-likeness (QED) is 0.335. The highest BCUT2D eigenvalue weighted by molar-refractivity contribution is 6.91. The monoisotopic (exact) mass is 547 g/mol. The third kappa shape index (κ3) is 6.37. The van der Waals surface area contributed by atoms with Gasteiger partial charge in [0, 0.05) is 43.6 Å². The number of hydrogen-bond donors (Lipinski definition) is 1. The van der Waals surface area contributed by atoms with Gasteiger partial charge in [0.15, 0.2) is 0 Å². The summed E-state index contributed by atoms with van der Waals surface area (Å²) in [4.78, 5) is 15.8. The summed E-state index contributed by atoms with van der Waals surface area (Å²) in [7, 11) is 1.11. The fraction of sp³-hybridized carbons (Fsp3) is 0.406. The van der Waals surface area contributed by atoms with Crippen molar-refractivity contribution in [2.45, 2.75) is 50.7 Å². The van der Waals surface area contributed by atoms with Crippen LogP contribution in [-0.4, -0.2) is 57.5 Å². The minimum Gasteiger partial charge on any atom is -0.497 e. The van der Waals surface area contributed by atoms with Gasteiger partial charge in [0.1, 0.15) is 17.6 Å². The second-order valence-electron chi connectivity index (χ2n) is 10.9. The lowest BCUT2D eigenvalue weighted by Crippen LogP contribution is -2.55. The normalized spacial score (nSPS) is 19.5. The Bertz CT molecular complexity index is 1220. The second kappa shape index (κ2) is 12.8. The van der Waals surface area contributed by atoms with Crippen LogP contribution in [0.2, 0.25) is 18.6 Å². The SMILES string of the molecule is COc1ccc([Si](C)(C)C(CC(=O)N(CCO)Cc2ccccc2)[C@H]2Oc3ccccc3[C@@H](OC)[C@@H]2C)cc1. The number of aliphatic hydroxyl groups is 1. The molecule has 4 rings (SSSR count). The predicted octanol–water partition coefficient (Wildman–Crippen LogP) is 5.18. The Kier molecular flexibility index (Phi) is 9.48. The minimum atomic E-state index is -2.31. The van der Waals surface area contributed by atoms with Crippen molar-refractivity contribution in [3.8, 4) is 11.5 Å². The maximum absolute atomic E-state index is 14.0. The molecule has 3 aromatic rings. The Morgan fingerprint density at radius 2 is 1.67 bits per heavy atom. The first kappa shape index (κ1) is 28.9. The summed E-state index contributed by atoms with van der Waals surface area (Å²) in [6, 6.07) is 26.2. The third-order valence-electron chi connectivity index (χ3n) is 8.23. The number of benzene rings is 3. The second-order valence-corrected chi connectivity index (χ2v) is 15.7. The predicted molar refractivity (Wildman–Crippen MR) is 157 cm³/mol. The van der Waals surface area contributed by atoms with Crippen molar-refractivity contribution in [2.24, 2.45) is 5.92 Å². The molecular weight excluding hydrogens is 506 g/mol. The molecule has 208 valence electrons. The Hall–Kier alpha value is -3.13. The van der Waals surface area contributed by atoms with E-state index in [1.54, 1.807) is 19.1 Å². The Balaban J connectivity index is 1.72. The molecule has 0 spiro atoms. The zero-order chi connectivity index (χ0) is 28.0. The Labute approximate surface area is 233 Å². The molecule has 39 heavy (non-hydrogen) atoms. The van der Waals surface area contributed by atoms with Crippen LogP contribution in [0.15, 0.2) is 78.9 Å². The number of ether oxygens (including phenoxy) is 3. The van der Waals surface area contributed by atoms with Gasteiger partial charge in [0.2, 0.25) is 5.91 Å². The van der Waals surface area contributed by atoms with E-state index in [2.05, 4.69) is 38.2 Å². The lowest BCUT2D eigenvalue weighted by Gasteiger charge is -2.46. The molecule has 1 heterocycles. The van der Waals surface area contributed by atoms with Gasteiger partial charge < -0.3 is 24.2 Å². The smallest absolute Gasteiger partial charge is 0.223 e. The summed E-state index contributed by atoms with van der Waals surface area (Å²) in [6.45, 7) is 7.47.